The molecular formula is C21H24N4O2S. The van der Waals surface area contributed by atoms with E-state index in [1.807, 2.05) is 23.2 Å². The normalized spacial score (nSPS) is 17.6. The van der Waals surface area contributed by atoms with Crippen LogP contribution in [-0.4, -0.2) is 47.0 Å². The van der Waals surface area contributed by atoms with E-state index in [-0.39, 0.29) is 5.91 Å². The largest absolute Gasteiger partial charge is 0.459 e. The van der Waals surface area contributed by atoms with Crippen molar-refractivity contribution in [2.45, 2.75) is 39.0 Å². The first-order valence-electron chi connectivity index (χ1n) is 10.1. The Morgan fingerprint density at radius 3 is 2.86 bits per heavy atom. The van der Waals surface area contributed by atoms with Gasteiger partial charge in [0, 0.05) is 31.1 Å². The molecule has 0 bridgehead atoms. The van der Waals surface area contributed by atoms with E-state index in [1.54, 1.807) is 18.4 Å². The van der Waals surface area contributed by atoms with E-state index in [2.05, 4.69) is 4.90 Å². The third-order valence-electron chi connectivity index (χ3n) is 5.72. The molecule has 1 aliphatic carbocycles. The molecule has 3 aromatic rings. The van der Waals surface area contributed by atoms with E-state index < -0.39 is 0 Å². The summed E-state index contributed by atoms with van der Waals surface area (Å²) >= 11 is 1.85. The molecule has 1 fully saturated rings. The minimum absolute atomic E-state index is 0.0243. The summed E-state index contributed by atoms with van der Waals surface area (Å²) in [5, 5.41) is 1.26. The molecule has 0 atom stereocenters. The highest BCUT2D eigenvalue weighted by molar-refractivity contribution is 7.19. The summed E-state index contributed by atoms with van der Waals surface area (Å²) in [6.45, 7) is 5.08. The number of fused-ring (bicyclic) bond motifs is 3. The molecule has 0 unspecified atom stereocenters. The number of furan rings is 1. The van der Waals surface area contributed by atoms with Crippen LogP contribution in [0.2, 0.25) is 0 Å². The lowest BCUT2D eigenvalue weighted by Crippen LogP contribution is -2.35. The maximum Gasteiger partial charge on any atom is 0.289 e. The van der Waals surface area contributed by atoms with Gasteiger partial charge in [-0.05, 0) is 56.7 Å². The fourth-order valence-corrected chi connectivity index (χ4v) is 5.66. The van der Waals surface area contributed by atoms with Gasteiger partial charge in [0.1, 0.15) is 16.5 Å². The van der Waals surface area contributed by atoms with Gasteiger partial charge in [0.15, 0.2) is 5.76 Å². The van der Waals surface area contributed by atoms with Gasteiger partial charge in [-0.25, -0.2) is 9.97 Å². The fourth-order valence-electron chi connectivity index (χ4n) is 4.36. The Morgan fingerprint density at radius 2 is 2.00 bits per heavy atom. The smallest absolute Gasteiger partial charge is 0.289 e. The zero-order valence-corrected chi connectivity index (χ0v) is 16.9. The average molecular weight is 397 g/mol. The van der Waals surface area contributed by atoms with Crippen molar-refractivity contribution < 1.29 is 9.21 Å². The van der Waals surface area contributed by atoms with Crippen LogP contribution >= 0.6 is 11.3 Å². The molecule has 1 amide bonds. The number of aromatic nitrogens is 2. The first-order valence-corrected chi connectivity index (χ1v) is 10.9. The molecule has 0 radical (unpaired) electrons. The lowest BCUT2D eigenvalue weighted by molar-refractivity contribution is 0.0735. The van der Waals surface area contributed by atoms with Crippen LogP contribution in [0.1, 0.15) is 46.1 Å². The van der Waals surface area contributed by atoms with Gasteiger partial charge in [-0.15, -0.1) is 11.3 Å². The zero-order valence-electron chi connectivity index (χ0n) is 16.1. The molecule has 7 heteroatoms. The first-order chi connectivity index (χ1) is 13.7. The third kappa shape index (κ3) is 3.07. The van der Waals surface area contributed by atoms with E-state index in [0.717, 1.165) is 48.9 Å². The van der Waals surface area contributed by atoms with Crippen molar-refractivity contribution in [1.29, 1.82) is 0 Å². The van der Waals surface area contributed by atoms with Crippen molar-refractivity contribution in [3.8, 4) is 0 Å². The molecule has 1 saturated heterocycles. The molecule has 28 heavy (non-hydrogen) atoms. The average Bonchev–Trinajstić information content (AvgIpc) is 3.28. The molecule has 146 valence electrons. The van der Waals surface area contributed by atoms with Gasteiger partial charge in [0.2, 0.25) is 0 Å². The van der Waals surface area contributed by atoms with Gasteiger partial charge in [-0.3, -0.25) is 4.79 Å². The summed E-state index contributed by atoms with van der Waals surface area (Å²) in [4.78, 5) is 29.1. The summed E-state index contributed by atoms with van der Waals surface area (Å²) in [6, 6.07) is 3.50. The van der Waals surface area contributed by atoms with Gasteiger partial charge in [-0.1, -0.05) is 0 Å². The molecule has 2 aliphatic rings. The highest BCUT2D eigenvalue weighted by Crippen LogP contribution is 2.39. The summed E-state index contributed by atoms with van der Waals surface area (Å²) < 4.78 is 5.30. The highest BCUT2D eigenvalue weighted by Gasteiger charge is 2.26. The predicted molar refractivity (Wildman–Crippen MR) is 110 cm³/mol. The standard InChI is InChI=1S/C21H24N4O2S/c1-14-22-19(18-15-6-2-3-8-17(15)28-20(18)23-14)24-9-5-10-25(12-11-24)21(26)16-7-4-13-27-16/h4,7,13H,2-3,5-6,8-12H2,1H3. The first kappa shape index (κ1) is 17.7. The molecular weight excluding hydrogens is 372 g/mol. The Labute approximate surface area is 168 Å². The summed E-state index contributed by atoms with van der Waals surface area (Å²) in [5.74, 6) is 2.28. The number of thiophene rings is 1. The van der Waals surface area contributed by atoms with Crippen molar-refractivity contribution >= 4 is 33.3 Å². The molecule has 0 spiro atoms. The van der Waals surface area contributed by atoms with Crippen molar-refractivity contribution in [2.24, 2.45) is 0 Å². The number of carbonyl (C=O) groups is 1. The maximum absolute atomic E-state index is 12.7. The van der Waals surface area contributed by atoms with E-state index in [9.17, 15) is 4.79 Å². The van der Waals surface area contributed by atoms with E-state index in [1.165, 1.54) is 35.1 Å². The van der Waals surface area contributed by atoms with Crippen LogP contribution < -0.4 is 4.90 Å². The Morgan fingerprint density at radius 1 is 1.11 bits per heavy atom. The van der Waals surface area contributed by atoms with E-state index >= 15 is 0 Å². The van der Waals surface area contributed by atoms with Crippen molar-refractivity contribution in [3.63, 3.8) is 0 Å². The second-order valence-corrected chi connectivity index (χ2v) is 8.68. The number of anilines is 1. The maximum atomic E-state index is 12.7. The highest BCUT2D eigenvalue weighted by atomic mass is 32.1. The number of aryl methyl sites for hydroxylation is 3. The molecule has 0 N–H and O–H groups in total. The summed E-state index contributed by atoms with van der Waals surface area (Å²) in [6.07, 6.45) is 7.29. The van der Waals surface area contributed by atoms with Crippen LogP contribution in [0.4, 0.5) is 5.82 Å². The monoisotopic (exact) mass is 396 g/mol. The number of hydrogen-bond acceptors (Lipinski definition) is 6. The minimum Gasteiger partial charge on any atom is -0.459 e. The molecule has 0 aromatic carbocycles. The minimum atomic E-state index is -0.0243. The number of carbonyl (C=O) groups excluding carboxylic acids is 1. The number of hydrogen-bond donors (Lipinski definition) is 0. The lowest BCUT2D eigenvalue weighted by Gasteiger charge is -2.24. The van der Waals surface area contributed by atoms with E-state index in [0.29, 0.717) is 12.3 Å². The van der Waals surface area contributed by atoms with Crippen LogP contribution in [-0.2, 0) is 12.8 Å². The summed E-state index contributed by atoms with van der Waals surface area (Å²) in [7, 11) is 0. The van der Waals surface area contributed by atoms with Crippen LogP contribution in [0.15, 0.2) is 22.8 Å². The molecule has 6 nitrogen and oxygen atoms in total. The van der Waals surface area contributed by atoms with Gasteiger partial charge >= 0.3 is 0 Å². The van der Waals surface area contributed by atoms with Gasteiger partial charge < -0.3 is 14.2 Å². The van der Waals surface area contributed by atoms with Crippen LogP contribution in [0.5, 0.6) is 0 Å². The Kier molecular flexibility index (Phi) is 4.55. The number of amides is 1. The Balaban J connectivity index is 1.45. The van der Waals surface area contributed by atoms with Crippen LogP contribution in [0, 0.1) is 6.92 Å². The fraction of sp³-hybridized carbons (Fsp3) is 0.476. The van der Waals surface area contributed by atoms with E-state index in [4.69, 9.17) is 14.4 Å². The molecule has 1 aliphatic heterocycles. The third-order valence-corrected chi connectivity index (χ3v) is 6.91. The molecule has 5 rings (SSSR count). The topological polar surface area (TPSA) is 62.5 Å². The van der Waals surface area contributed by atoms with Crippen LogP contribution in [0.25, 0.3) is 10.2 Å². The zero-order chi connectivity index (χ0) is 19.1. The lowest BCUT2D eigenvalue weighted by atomic mass is 9.97. The molecule has 3 aromatic heterocycles. The second-order valence-electron chi connectivity index (χ2n) is 7.60. The van der Waals surface area contributed by atoms with Gasteiger partial charge in [0.25, 0.3) is 5.91 Å². The quantitative estimate of drug-likeness (QED) is 0.659. The van der Waals surface area contributed by atoms with Gasteiger partial charge in [0.05, 0.1) is 11.6 Å². The van der Waals surface area contributed by atoms with Crippen molar-refractivity contribution in [3.05, 3.63) is 40.4 Å². The summed E-state index contributed by atoms with van der Waals surface area (Å²) in [5.41, 5.74) is 1.47. The van der Waals surface area contributed by atoms with Crippen molar-refractivity contribution in [2.75, 3.05) is 31.1 Å². The Hall–Kier alpha value is -2.41. The predicted octanol–water partition coefficient (Wildman–Crippen LogP) is 3.82. The van der Waals surface area contributed by atoms with Crippen molar-refractivity contribution in [1.82, 2.24) is 14.9 Å². The van der Waals surface area contributed by atoms with Gasteiger partial charge in [-0.2, -0.15) is 0 Å². The Bertz CT molecular complexity index is 1010. The number of rotatable bonds is 2. The second kappa shape index (κ2) is 7.20. The molecule has 4 heterocycles. The van der Waals surface area contributed by atoms with Crippen LogP contribution in [0.3, 0.4) is 0 Å². The molecule has 0 saturated carbocycles. The number of nitrogens with zero attached hydrogens (tertiary/aromatic N) is 4. The SMILES string of the molecule is Cc1nc(N2CCCN(C(=O)c3ccco3)CC2)c2c3c(sc2n1)CCCC3.